The predicted molar refractivity (Wildman–Crippen MR) is 157 cm³/mol. The Kier molecular flexibility index (Phi) is 10.2. The Bertz CT molecular complexity index is 1260. The summed E-state index contributed by atoms with van der Waals surface area (Å²) in [6, 6.07) is 12.0. The van der Waals surface area contributed by atoms with E-state index in [0.29, 0.717) is 52.4 Å². The molecule has 222 valence electrons. The third-order valence-electron chi connectivity index (χ3n) is 6.69. The fourth-order valence-corrected chi connectivity index (χ4v) is 4.96. The summed E-state index contributed by atoms with van der Waals surface area (Å²) in [5, 5.41) is 9.75. The fourth-order valence-electron chi connectivity index (χ4n) is 4.45. The van der Waals surface area contributed by atoms with Gasteiger partial charge in [-0.05, 0) is 82.3 Å². The highest BCUT2D eigenvalue weighted by Crippen LogP contribution is 2.45. The van der Waals surface area contributed by atoms with Crippen LogP contribution in [0.25, 0.3) is 0 Å². The molecule has 2 aromatic rings. The number of carbonyl (C=O) groups is 2. The molecule has 1 amide bonds. The van der Waals surface area contributed by atoms with E-state index < -0.39 is 29.1 Å². The van der Waals surface area contributed by atoms with E-state index >= 15 is 0 Å². The summed E-state index contributed by atoms with van der Waals surface area (Å²) in [5.41, 5.74) is 4.74. The molecule has 0 unspecified atom stereocenters. The number of esters is 1. The van der Waals surface area contributed by atoms with Crippen LogP contribution in [0.2, 0.25) is 10.0 Å². The van der Waals surface area contributed by atoms with Gasteiger partial charge in [-0.25, -0.2) is 10.4 Å². The summed E-state index contributed by atoms with van der Waals surface area (Å²) >= 11 is 12.8. The van der Waals surface area contributed by atoms with Crippen molar-refractivity contribution in [3.05, 3.63) is 63.6 Å². The molecule has 0 spiro atoms. The van der Waals surface area contributed by atoms with Crippen LogP contribution in [-0.2, 0) is 19.1 Å². The first-order valence-corrected chi connectivity index (χ1v) is 14.6. The van der Waals surface area contributed by atoms with Crippen LogP contribution in [0.3, 0.4) is 0 Å². The topological polar surface area (TPSA) is 118 Å². The molecule has 0 radical (unpaired) electrons. The molecule has 1 saturated carbocycles. The molecule has 2 aromatic carbocycles. The molecule has 4 rings (SSSR count). The number of carbonyl (C=O) groups excluding carboxylic acids is 2. The Morgan fingerprint density at radius 1 is 1.15 bits per heavy atom. The van der Waals surface area contributed by atoms with Crippen LogP contribution in [0.1, 0.15) is 70.1 Å². The number of nitrogens with one attached hydrogen (secondary N) is 2. The minimum Gasteiger partial charge on any atom is -0.494 e. The summed E-state index contributed by atoms with van der Waals surface area (Å²) in [7, 11) is 0. The van der Waals surface area contributed by atoms with Gasteiger partial charge in [-0.15, -0.1) is 0 Å². The average molecular weight is 607 g/mol. The zero-order chi connectivity index (χ0) is 29.6. The van der Waals surface area contributed by atoms with Crippen LogP contribution >= 0.6 is 23.2 Å². The SMILES string of the molecule is CC(C)(C)OC(=O)CC[C@]1(C(=O)NNCC2CC2)N=C(c2ccc(OCCCO)cc2)O[C@H]1c1ccc(Cl)cc1Cl. The summed E-state index contributed by atoms with van der Waals surface area (Å²) in [4.78, 5) is 31.7. The molecule has 1 aliphatic heterocycles. The maximum Gasteiger partial charge on any atom is 0.306 e. The van der Waals surface area contributed by atoms with Crippen LogP contribution in [0.15, 0.2) is 47.5 Å². The van der Waals surface area contributed by atoms with Crippen molar-refractivity contribution in [2.75, 3.05) is 19.8 Å². The fraction of sp³-hybridized carbons (Fsp3) is 0.500. The second kappa shape index (κ2) is 13.4. The standard InChI is InChI=1S/C30H37Cl2N3O6/c1-29(2,3)41-25(37)13-14-30(28(38)35-33-18-19-5-6-19)26(23-12-9-21(31)17-24(23)32)40-27(34-30)20-7-10-22(11-8-20)39-16-4-15-36/h7-12,17,19,26,33,36H,4-6,13-16,18H2,1-3H3,(H,35,38)/t26-,30-/m0/s1. The Balaban J connectivity index is 1.70. The summed E-state index contributed by atoms with van der Waals surface area (Å²) < 4.78 is 17.6. The second-order valence-electron chi connectivity index (χ2n) is 11.3. The first-order chi connectivity index (χ1) is 19.5. The van der Waals surface area contributed by atoms with Crippen LogP contribution < -0.4 is 15.6 Å². The van der Waals surface area contributed by atoms with Crippen molar-refractivity contribution >= 4 is 41.0 Å². The largest absolute Gasteiger partial charge is 0.494 e. The number of hydrogen-bond acceptors (Lipinski definition) is 8. The number of hydrogen-bond donors (Lipinski definition) is 3. The van der Waals surface area contributed by atoms with Crippen molar-refractivity contribution in [2.45, 2.75) is 70.1 Å². The molecule has 0 saturated heterocycles. The number of amides is 1. The van der Waals surface area contributed by atoms with Gasteiger partial charge >= 0.3 is 5.97 Å². The van der Waals surface area contributed by atoms with Crippen molar-refractivity contribution in [1.82, 2.24) is 10.9 Å². The van der Waals surface area contributed by atoms with Gasteiger partial charge in [0.2, 0.25) is 5.90 Å². The number of halogens is 2. The van der Waals surface area contributed by atoms with Crippen LogP contribution in [0.5, 0.6) is 5.75 Å². The summed E-state index contributed by atoms with van der Waals surface area (Å²) in [6.45, 7) is 6.43. The zero-order valence-corrected chi connectivity index (χ0v) is 25.1. The van der Waals surface area contributed by atoms with E-state index in [1.54, 1.807) is 63.2 Å². The first-order valence-electron chi connectivity index (χ1n) is 13.8. The van der Waals surface area contributed by atoms with E-state index in [4.69, 9.17) is 47.5 Å². The molecule has 2 atom stereocenters. The lowest BCUT2D eigenvalue weighted by Gasteiger charge is -2.31. The molecular weight excluding hydrogens is 569 g/mol. The zero-order valence-electron chi connectivity index (χ0n) is 23.5. The lowest BCUT2D eigenvalue weighted by atomic mass is 9.83. The first kappa shape index (κ1) is 31.1. The van der Waals surface area contributed by atoms with E-state index in [1.807, 2.05) is 0 Å². The molecule has 11 heteroatoms. The number of ether oxygens (including phenoxy) is 3. The van der Waals surface area contributed by atoms with Gasteiger partial charge in [-0.3, -0.25) is 15.0 Å². The number of aliphatic hydroxyl groups is 1. The number of hydrazine groups is 1. The Labute approximate surface area is 250 Å². The van der Waals surface area contributed by atoms with Crippen molar-refractivity contribution in [3.63, 3.8) is 0 Å². The van der Waals surface area contributed by atoms with Crippen LogP contribution in [0.4, 0.5) is 0 Å². The Hall–Kier alpha value is -2.85. The maximum atomic E-state index is 14.0. The predicted octanol–water partition coefficient (Wildman–Crippen LogP) is 5.16. The maximum absolute atomic E-state index is 14.0. The molecule has 3 N–H and O–H groups in total. The molecule has 0 aromatic heterocycles. The second-order valence-corrected chi connectivity index (χ2v) is 12.2. The van der Waals surface area contributed by atoms with E-state index in [-0.39, 0.29) is 25.3 Å². The number of rotatable bonds is 13. The number of benzene rings is 2. The van der Waals surface area contributed by atoms with E-state index in [9.17, 15) is 9.59 Å². The summed E-state index contributed by atoms with van der Waals surface area (Å²) in [6.07, 6.45) is 1.72. The highest BCUT2D eigenvalue weighted by molar-refractivity contribution is 6.35. The molecular formula is C30H37Cl2N3O6. The Morgan fingerprint density at radius 3 is 2.51 bits per heavy atom. The van der Waals surface area contributed by atoms with Crippen LogP contribution in [0, 0.1) is 5.92 Å². The highest BCUT2D eigenvalue weighted by atomic mass is 35.5. The molecule has 0 bridgehead atoms. The van der Waals surface area contributed by atoms with E-state index in [1.165, 1.54) is 0 Å². The quantitative estimate of drug-likeness (QED) is 0.164. The van der Waals surface area contributed by atoms with Gasteiger partial charge in [0, 0.05) is 47.2 Å². The van der Waals surface area contributed by atoms with Crippen molar-refractivity contribution in [3.8, 4) is 5.75 Å². The van der Waals surface area contributed by atoms with Gasteiger partial charge < -0.3 is 19.3 Å². The molecule has 9 nitrogen and oxygen atoms in total. The number of nitrogens with zero attached hydrogens (tertiary/aromatic N) is 1. The van der Waals surface area contributed by atoms with Crippen molar-refractivity contribution < 1.29 is 28.9 Å². The van der Waals surface area contributed by atoms with Crippen molar-refractivity contribution in [2.24, 2.45) is 10.9 Å². The monoisotopic (exact) mass is 605 g/mol. The van der Waals surface area contributed by atoms with Crippen LogP contribution in [-0.4, -0.2) is 53.8 Å². The Morgan fingerprint density at radius 2 is 1.88 bits per heavy atom. The average Bonchev–Trinajstić information content (AvgIpc) is 3.65. The minimum absolute atomic E-state index is 0.00827. The third kappa shape index (κ3) is 8.35. The smallest absolute Gasteiger partial charge is 0.306 e. The minimum atomic E-state index is -1.55. The lowest BCUT2D eigenvalue weighted by Crippen LogP contribution is -2.53. The molecule has 1 aliphatic carbocycles. The number of aliphatic hydroxyl groups excluding tert-OH is 1. The molecule has 1 fully saturated rings. The van der Waals surface area contributed by atoms with Gasteiger partial charge in [0.25, 0.3) is 5.91 Å². The van der Waals surface area contributed by atoms with Gasteiger partial charge in [0.1, 0.15) is 11.4 Å². The molecule has 2 aliphatic rings. The van der Waals surface area contributed by atoms with Gasteiger partial charge in [-0.1, -0.05) is 29.3 Å². The van der Waals surface area contributed by atoms with Crippen molar-refractivity contribution in [1.29, 1.82) is 0 Å². The highest BCUT2D eigenvalue weighted by Gasteiger charge is 2.54. The van der Waals surface area contributed by atoms with E-state index in [0.717, 1.165) is 12.8 Å². The lowest BCUT2D eigenvalue weighted by molar-refractivity contribution is -0.155. The normalized spacial score (nSPS) is 20.2. The summed E-state index contributed by atoms with van der Waals surface area (Å²) in [5.74, 6) is 0.466. The third-order valence-corrected chi connectivity index (χ3v) is 7.26. The molecule has 1 heterocycles. The van der Waals surface area contributed by atoms with Gasteiger partial charge in [-0.2, -0.15) is 0 Å². The number of aliphatic imine (C=N–C) groups is 1. The van der Waals surface area contributed by atoms with E-state index in [2.05, 4.69) is 10.9 Å². The molecule has 41 heavy (non-hydrogen) atoms. The van der Waals surface area contributed by atoms with Gasteiger partial charge in [0.15, 0.2) is 11.6 Å². The van der Waals surface area contributed by atoms with Gasteiger partial charge in [0.05, 0.1) is 6.61 Å².